The molecule has 18 heavy (non-hydrogen) atoms. The van der Waals surface area contributed by atoms with E-state index in [0.717, 1.165) is 32.1 Å². The van der Waals surface area contributed by atoms with Gasteiger partial charge in [-0.2, -0.15) is 0 Å². The van der Waals surface area contributed by atoms with E-state index in [1.807, 2.05) is 0 Å². The molecule has 2 N–H and O–H groups in total. The van der Waals surface area contributed by atoms with Crippen LogP contribution >= 0.6 is 0 Å². The second-order valence-corrected chi connectivity index (χ2v) is 5.23. The topological polar surface area (TPSA) is 66.4 Å². The number of unbranched alkanes of at least 4 members (excludes halogenated alkanes) is 5. The van der Waals surface area contributed by atoms with Gasteiger partial charge in [-0.1, -0.05) is 45.4 Å². The fourth-order valence-electron chi connectivity index (χ4n) is 2.02. The van der Waals surface area contributed by atoms with Crippen molar-refractivity contribution in [2.45, 2.75) is 70.8 Å². The van der Waals surface area contributed by atoms with Crippen LogP contribution in [0.25, 0.3) is 0 Å². The zero-order chi connectivity index (χ0) is 13.4. The first kappa shape index (κ1) is 15.0. The Labute approximate surface area is 109 Å². The van der Waals surface area contributed by atoms with Crippen molar-refractivity contribution >= 4 is 11.9 Å². The Hall–Kier alpha value is -1.06. The van der Waals surface area contributed by atoms with Gasteiger partial charge in [-0.15, -0.1) is 0 Å². The van der Waals surface area contributed by atoms with Crippen molar-refractivity contribution in [1.29, 1.82) is 0 Å². The van der Waals surface area contributed by atoms with Crippen LogP contribution in [0.3, 0.4) is 0 Å². The Morgan fingerprint density at radius 3 is 2.33 bits per heavy atom. The molecule has 0 aromatic carbocycles. The second-order valence-electron chi connectivity index (χ2n) is 5.23. The molecule has 104 valence electrons. The molecule has 1 saturated carbocycles. The van der Waals surface area contributed by atoms with Gasteiger partial charge in [-0.25, -0.2) is 4.79 Å². The van der Waals surface area contributed by atoms with Gasteiger partial charge in [0.2, 0.25) is 5.91 Å². The largest absolute Gasteiger partial charge is 0.480 e. The molecule has 0 aromatic rings. The summed E-state index contributed by atoms with van der Waals surface area (Å²) in [7, 11) is 0. The number of aliphatic carboxylic acids is 1. The highest BCUT2D eigenvalue weighted by Gasteiger charge is 2.32. The number of hydrogen-bond donors (Lipinski definition) is 2. The summed E-state index contributed by atoms with van der Waals surface area (Å²) in [5, 5.41) is 11.7. The van der Waals surface area contributed by atoms with Gasteiger partial charge in [0.05, 0.1) is 0 Å². The quantitative estimate of drug-likeness (QED) is 0.590. The van der Waals surface area contributed by atoms with Crippen LogP contribution in [-0.2, 0) is 9.59 Å². The van der Waals surface area contributed by atoms with Gasteiger partial charge in [-0.05, 0) is 19.3 Å². The van der Waals surface area contributed by atoms with Crippen LogP contribution in [0.2, 0.25) is 0 Å². The predicted molar refractivity (Wildman–Crippen MR) is 70.3 cm³/mol. The van der Waals surface area contributed by atoms with Crippen molar-refractivity contribution in [3.05, 3.63) is 0 Å². The molecule has 4 heteroatoms. The van der Waals surface area contributed by atoms with Crippen LogP contribution in [0.15, 0.2) is 0 Å². The molecule has 1 amide bonds. The van der Waals surface area contributed by atoms with E-state index in [1.165, 1.54) is 19.3 Å². The fraction of sp³-hybridized carbons (Fsp3) is 0.857. The number of nitrogens with one attached hydrogen (secondary N) is 1. The number of carbonyl (C=O) groups is 2. The molecule has 0 saturated heterocycles. The molecule has 0 unspecified atom stereocenters. The van der Waals surface area contributed by atoms with Gasteiger partial charge < -0.3 is 10.4 Å². The Balaban J connectivity index is 2.13. The number of carbonyl (C=O) groups excluding carboxylic acids is 1. The Kier molecular flexibility index (Phi) is 6.76. The van der Waals surface area contributed by atoms with E-state index in [2.05, 4.69) is 12.2 Å². The summed E-state index contributed by atoms with van der Waals surface area (Å²) in [4.78, 5) is 22.5. The maximum absolute atomic E-state index is 11.5. The lowest BCUT2D eigenvalue weighted by atomic mass is 10.1. The molecule has 1 aliphatic carbocycles. The Bertz CT molecular complexity index is 274. The molecule has 1 atom stereocenters. The number of amides is 1. The highest BCUT2D eigenvalue weighted by Crippen LogP contribution is 2.29. The summed E-state index contributed by atoms with van der Waals surface area (Å²) >= 11 is 0. The zero-order valence-corrected chi connectivity index (χ0v) is 11.3. The first-order valence-electron chi connectivity index (χ1n) is 7.18. The van der Waals surface area contributed by atoms with Gasteiger partial charge in [0.1, 0.15) is 6.04 Å². The summed E-state index contributed by atoms with van der Waals surface area (Å²) in [6.45, 7) is 2.17. The summed E-state index contributed by atoms with van der Waals surface area (Å²) in [5.41, 5.74) is 0. The minimum Gasteiger partial charge on any atom is -0.480 e. The lowest BCUT2D eigenvalue weighted by Gasteiger charge is -2.14. The predicted octanol–water partition coefficient (Wildman–Crippen LogP) is 2.72. The van der Waals surface area contributed by atoms with Crippen molar-refractivity contribution < 1.29 is 14.7 Å². The van der Waals surface area contributed by atoms with Crippen LogP contribution in [-0.4, -0.2) is 23.0 Å². The summed E-state index contributed by atoms with van der Waals surface area (Å²) < 4.78 is 0. The number of carboxylic acids is 1. The third kappa shape index (κ3) is 6.03. The summed E-state index contributed by atoms with van der Waals surface area (Å²) in [6.07, 6.45) is 9.17. The summed E-state index contributed by atoms with van der Waals surface area (Å²) in [5.74, 6) is -0.901. The average Bonchev–Trinajstić information content (AvgIpc) is 3.15. The van der Waals surface area contributed by atoms with Crippen molar-refractivity contribution in [3.8, 4) is 0 Å². The smallest absolute Gasteiger partial charge is 0.326 e. The molecule has 0 heterocycles. The molecular formula is C14H25NO3. The molecule has 1 fully saturated rings. The van der Waals surface area contributed by atoms with E-state index < -0.39 is 12.0 Å². The maximum Gasteiger partial charge on any atom is 0.326 e. The van der Waals surface area contributed by atoms with Crippen LogP contribution < -0.4 is 5.32 Å². The third-order valence-corrected chi connectivity index (χ3v) is 3.41. The van der Waals surface area contributed by atoms with Crippen molar-refractivity contribution in [2.24, 2.45) is 5.92 Å². The van der Waals surface area contributed by atoms with Gasteiger partial charge in [0.25, 0.3) is 0 Å². The lowest BCUT2D eigenvalue weighted by Crippen LogP contribution is -2.41. The first-order valence-corrected chi connectivity index (χ1v) is 7.18. The number of rotatable bonds is 10. The molecule has 1 rings (SSSR count). The number of hydrogen-bond acceptors (Lipinski definition) is 2. The highest BCUT2D eigenvalue weighted by molar-refractivity contribution is 5.86. The lowest BCUT2D eigenvalue weighted by molar-refractivity contribution is -0.142. The molecule has 0 radical (unpaired) electrons. The molecular weight excluding hydrogens is 230 g/mol. The second kappa shape index (κ2) is 8.11. The minimum absolute atomic E-state index is 0.0756. The number of carboxylic acid groups (broad SMARTS) is 1. The van der Waals surface area contributed by atoms with Crippen molar-refractivity contribution in [3.63, 3.8) is 0 Å². The average molecular weight is 255 g/mol. The monoisotopic (exact) mass is 255 g/mol. The standard InChI is InChI=1S/C14H25NO3/c1-2-3-4-5-6-7-8-12(14(17)18)15-13(16)11-9-10-11/h11-12H,2-10H2,1H3,(H,15,16)(H,17,18)/t12-/m1/s1. The van der Waals surface area contributed by atoms with Gasteiger partial charge in [0.15, 0.2) is 0 Å². The SMILES string of the molecule is CCCCCCCC[C@@H](NC(=O)C1CC1)C(=O)O. The van der Waals surface area contributed by atoms with Crippen LogP contribution in [0.1, 0.15) is 64.7 Å². The molecule has 4 nitrogen and oxygen atoms in total. The minimum atomic E-state index is -0.905. The Morgan fingerprint density at radius 2 is 1.78 bits per heavy atom. The molecule has 0 spiro atoms. The molecule has 0 bridgehead atoms. The molecule has 0 aromatic heterocycles. The first-order chi connectivity index (χ1) is 8.65. The zero-order valence-electron chi connectivity index (χ0n) is 11.3. The van der Waals surface area contributed by atoms with E-state index in [-0.39, 0.29) is 11.8 Å². The van der Waals surface area contributed by atoms with Crippen molar-refractivity contribution in [2.75, 3.05) is 0 Å². The summed E-state index contributed by atoms with van der Waals surface area (Å²) in [6, 6.07) is -0.690. The highest BCUT2D eigenvalue weighted by atomic mass is 16.4. The van der Waals surface area contributed by atoms with Gasteiger partial charge >= 0.3 is 5.97 Å². The van der Waals surface area contributed by atoms with Gasteiger partial charge in [-0.3, -0.25) is 4.79 Å². The van der Waals surface area contributed by atoms with E-state index in [1.54, 1.807) is 0 Å². The fourth-order valence-corrected chi connectivity index (χ4v) is 2.02. The van der Waals surface area contributed by atoms with E-state index >= 15 is 0 Å². The van der Waals surface area contributed by atoms with Crippen LogP contribution in [0.5, 0.6) is 0 Å². The maximum atomic E-state index is 11.5. The third-order valence-electron chi connectivity index (χ3n) is 3.41. The van der Waals surface area contributed by atoms with Crippen molar-refractivity contribution in [1.82, 2.24) is 5.32 Å². The molecule has 0 aliphatic heterocycles. The van der Waals surface area contributed by atoms with E-state index in [4.69, 9.17) is 5.11 Å². The van der Waals surface area contributed by atoms with Gasteiger partial charge in [0, 0.05) is 5.92 Å². The normalized spacial score (nSPS) is 16.3. The Morgan fingerprint density at radius 1 is 1.17 bits per heavy atom. The van der Waals surface area contributed by atoms with Crippen LogP contribution in [0, 0.1) is 5.92 Å². The van der Waals surface area contributed by atoms with Crippen LogP contribution in [0.4, 0.5) is 0 Å². The van der Waals surface area contributed by atoms with E-state index in [0.29, 0.717) is 6.42 Å². The molecule has 1 aliphatic rings. The van der Waals surface area contributed by atoms with E-state index in [9.17, 15) is 9.59 Å².